The third kappa shape index (κ3) is 4.81. The molecular weight excluding hydrogens is 297 g/mol. The summed E-state index contributed by atoms with van der Waals surface area (Å²) in [5, 5.41) is 4.08. The number of benzene rings is 1. The predicted octanol–water partition coefficient (Wildman–Crippen LogP) is 3.53. The van der Waals surface area contributed by atoms with Crippen LogP contribution in [0.4, 0.5) is 0 Å². The molecule has 1 aliphatic heterocycles. The lowest BCUT2D eigenvalue weighted by Gasteiger charge is -2.14. The number of halogens is 2. The Morgan fingerprint density at radius 3 is 2.80 bits per heavy atom. The highest BCUT2D eigenvalue weighted by Crippen LogP contribution is 2.31. The molecule has 1 unspecified atom stereocenters. The van der Waals surface area contributed by atoms with E-state index in [1.165, 1.54) is 6.42 Å². The molecule has 0 aliphatic carbocycles. The van der Waals surface area contributed by atoms with Gasteiger partial charge >= 0.3 is 0 Å². The first kappa shape index (κ1) is 17.6. The van der Waals surface area contributed by atoms with Crippen molar-refractivity contribution >= 4 is 24.0 Å². The van der Waals surface area contributed by atoms with E-state index in [1.54, 1.807) is 0 Å². The van der Waals surface area contributed by atoms with Crippen molar-refractivity contribution in [2.75, 3.05) is 26.3 Å². The van der Waals surface area contributed by atoms with Crippen molar-refractivity contribution in [1.82, 2.24) is 5.32 Å². The molecule has 0 bridgehead atoms. The molecule has 114 valence electrons. The largest absolute Gasteiger partial charge is 0.490 e. The van der Waals surface area contributed by atoms with Crippen LogP contribution in [0, 0.1) is 13.8 Å². The van der Waals surface area contributed by atoms with Gasteiger partial charge in [-0.25, -0.2) is 0 Å². The van der Waals surface area contributed by atoms with Crippen molar-refractivity contribution in [3.8, 4) is 5.75 Å². The third-order valence-electron chi connectivity index (χ3n) is 3.41. The van der Waals surface area contributed by atoms with Crippen molar-refractivity contribution in [1.29, 1.82) is 0 Å². The molecule has 1 aromatic rings. The Hall–Kier alpha value is -0.480. The molecular formula is C15H23Cl2NO2. The Bertz CT molecular complexity index is 421. The van der Waals surface area contributed by atoms with Gasteiger partial charge in [-0.15, -0.1) is 12.4 Å². The zero-order valence-electron chi connectivity index (χ0n) is 12.1. The first-order valence-electron chi connectivity index (χ1n) is 6.89. The monoisotopic (exact) mass is 319 g/mol. The van der Waals surface area contributed by atoms with E-state index in [0.717, 1.165) is 48.0 Å². The normalized spacial score (nSPS) is 17.9. The lowest BCUT2D eigenvalue weighted by molar-refractivity contribution is 0.109. The highest BCUT2D eigenvalue weighted by molar-refractivity contribution is 6.32. The molecule has 3 nitrogen and oxygen atoms in total. The van der Waals surface area contributed by atoms with Crippen LogP contribution in [0.5, 0.6) is 5.75 Å². The molecule has 0 radical (unpaired) electrons. The Kier molecular flexibility index (Phi) is 7.67. The molecule has 0 saturated carbocycles. The number of hydrogen-bond donors (Lipinski definition) is 1. The summed E-state index contributed by atoms with van der Waals surface area (Å²) in [6, 6.07) is 4.05. The zero-order chi connectivity index (χ0) is 13.7. The molecule has 0 amide bonds. The van der Waals surface area contributed by atoms with Gasteiger partial charge in [-0.1, -0.05) is 23.7 Å². The minimum Gasteiger partial charge on any atom is -0.490 e. The van der Waals surface area contributed by atoms with E-state index < -0.39 is 0 Å². The molecule has 1 atom stereocenters. The van der Waals surface area contributed by atoms with Crippen molar-refractivity contribution in [3.05, 3.63) is 28.3 Å². The van der Waals surface area contributed by atoms with Gasteiger partial charge in [0.25, 0.3) is 0 Å². The summed E-state index contributed by atoms with van der Waals surface area (Å²) in [7, 11) is 0. The van der Waals surface area contributed by atoms with Crippen molar-refractivity contribution in [2.45, 2.75) is 32.8 Å². The minimum atomic E-state index is 0. The van der Waals surface area contributed by atoms with Crippen LogP contribution in [0.3, 0.4) is 0 Å². The smallest absolute Gasteiger partial charge is 0.141 e. The Labute approximate surface area is 132 Å². The quantitative estimate of drug-likeness (QED) is 0.814. The standard InChI is InChI=1S/C15H22ClNO2.ClH/c1-11-5-6-12(2)15(14(11)16)19-9-7-17-10-13-4-3-8-18-13;/h5-6,13,17H,3-4,7-10H2,1-2H3;1H. The summed E-state index contributed by atoms with van der Waals surface area (Å²) in [4.78, 5) is 0. The first-order valence-corrected chi connectivity index (χ1v) is 7.27. The van der Waals surface area contributed by atoms with Crippen LogP contribution in [0.2, 0.25) is 5.02 Å². The van der Waals surface area contributed by atoms with Gasteiger partial charge in [0.05, 0.1) is 11.1 Å². The lowest BCUT2D eigenvalue weighted by Crippen LogP contribution is -2.29. The fourth-order valence-corrected chi connectivity index (χ4v) is 2.49. The van der Waals surface area contributed by atoms with Gasteiger partial charge in [0.15, 0.2) is 0 Å². The van der Waals surface area contributed by atoms with Crippen LogP contribution in [-0.4, -0.2) is 32.4 Å². The number of rotatable bonds is 6. The Morgan fingerprint density at radius 2 is 2.10 bits per heavy atom. The Morgan fingerprint density at radius 1 is 1.35 bits per heavy atom. The summed E-state index contributed by atoms with van der Waals surface area (Å²) in [5.41, 5.74) is 2.13. The maximum Gasteiger partial charge on any atom is 0.141 e. The summed E-state index contributed by atoms with van der Waals surface area (Å²) < 4.78 is 11.3. The molecule has 2 rings (SSSR count). The molecule has 20 heavy (non-hydrogen) atoms. The summed E-state index contributed by atoms with van der Waals surface area (Å²) in [5.74, 6) is 0.806. The fraction of sp³-hybridized carbons (Fsp3) is 0.600. The predicted molar refractivity (Wildman–Crippen MR) is 85.5 cm³/mol. The molecule has 1 saturated heterocycles. The van der Waals surface area contributed by atoms with E-state index in [0.29, 0.717) is 12.7 Å². The van der Waals surface area contributed by atoms with Crippen LogP contribution < -0.4 is 10.1 Å². The molecule has 1 heterocycles. The SMILES string of the molecule is Cc1ccc(C)c(OCCNCC2CCCO2)c1Cl.Cl. The topological polar surface area (TPSA) is 30.5 Å². The number of hydrogen-bond acceptors (Lipinski definition) is 3. The van der Waals surface area contributed by atoms with E-state index in [4.69, 9.17) is 21.1 Å². The van der Waals surface area contributed by atoms with Gasteiger partial charge in [-0.05, 0) is 37.8 Å². The zero-order valence-corrected chi connectivity index (χ0v) is 13.6. The molecule has 5 heteroatoms. The second-order valence-electron chi connectivity index (χ2n) is 5.03. The van der Waals surface area contributed by atoms with E-state index in [9.17, 15) is 0 Å². The number of nitrogens with one attached hydrogen (secondary N) is 1. The summed E-state index contributed by atoms with van der Waals surface area (Å²) in [6.07, 6.45) is 2.72. The van der Waals surface area contributed by atoms with E-state index in [2.05, 4.69) is 5.32 Å². The second kappa shape index (κ2) is 8.73. The number of aryl methyl sites for hydroxylation is 2. The molecule has 1 fully saturated rings. The van der Waals surface area contributed by atoms with Crippen molar-refractivity contribution < 1.29 is 9.47 Å². The van der Waals surface area contributed by atoms with E-state index in [-0.39, 0.29) is 12.4 Å². The first-order chi connectivity index (χ1) is 9.18. The molecule has 0 spiro atoms. The van der Waals surface area contributed by atoms with Crippen LogP contribution >= 0.6 is 24.0 Å². The van der Waals surface area contributed by atoms with Crippen LogP contribution in [-0.2, 0) is 4.74 Å². The van der Waals surface area contributed by atoms with E-state index in [1.807, 2.05) is 26.0 Å². The molecule has 0 aromatic heterocycles. The highest BCUT2D eigenvalue weighted by atomic mass is 35.5. The van der Waals surface area contributed by atoms with Gasteiger partial charge in [0.2, 0.25) is 0 Å². The van der Waals surface area contributed by atoms with Gasteiger partial charge in [0, 0.05) is 19.7 Å². The third-order valence-corrected chi connectivity index (χ3v) is 3.88. The van der Waals surface area contributed by atoms with Gasteiger partial charge in [-0.3, -0.25) is 0 Å². The average Bonchev–Trinajstić information content (AvgIpc) is 2.90. The minimum absolute atomic E-state index is 0. The van der Waals surface area contributed by atoms with Crippen molar-refractivity contribution in [3.63, 3.8) is 0 Å². The fourth-order valence-electron chi connectivity index (χ4n) is 2.22. The molecule has 1 N–H and O–H groups in total. The van der Waals surface area contributed by atoms with Gasteiger partial charge in [0.1, 0.15) is 12.4 Å². The molecule has 1 aromatic carbocycles. The van der Waals surface area contributed by atoms with Crippen LogP contribution in [0.25, 0.3) is 0 Å². The Balaban J connectivity index is 0.00000200. The maximum absolute atomic E-state index is 6.25. The average molecular weight is 320 g/mol. The number of ether oxygens (including phenoxy) is 2. The van der Waals surface area contributed by atoms with Gasteiger partial charge in [-0.2, -0.15) is 0 Å². The summed E-state index contributed by atoms with van der Waals surface area (Å²) in [6.45, 7) is 7.25. The molecule has 1 aliphatic rings. The van der Waals surface area contributed by atoms with Crippen LogP contribution in [0.15, 0.2) is 12.1 Å². The van der Waals surface area contributed by atoms with Crippen LogP contribution in [0.1, 0.15) is 24.0 Å². The van der Waals surface area contributed by atoms with E-state index >= 15 is 0 Å². The maximum atomic E-state index is 6.25. The van der Waals surface area contributed by atoms with Gasteiger partial charge < -0.3 is 14.8 Å². The van der Waals surface area contributed by atoms with Crippen molar-refractivity contribution in [2.24, 2.45) is 0 Å². The lowest BCUT2D eigenvalue weighted by atomic mass is 10.1. The summed E-state index contributed by atoms with van der Waals surface area (Å²) >= 11 is 6.25. The second-order valence-corrected chi connectivity index (χ2v) is 5.41. The highest BCUT2D eigenvalue weighted by Gasteiger charge is 2.14.